The Kier molecular flexibility index (Phi) is 15.7. The second-order valence-electron chi connectivity index (χ2n) is 9.51. The Morgan fingerprint density at radius 2 is 1.62 bits per heavy atom. The number of aliphatic hydroxyl groups is 2. The lowest BCUT2D eigenvalue weighted by Crippen LogP contribution is -2.59. The number of ketones is 1. The summed E-state index contributed by atoms with van der Waals surface area (Å²) in [5, 5.41) is 19.6. The highest BCUT2D eigenvalue weighted by molar-refractivity contribution is 7.85. The lowest BCUT2D eigenvalue weighted by atomic mass is 10.1. The van der Waals surface area contributed by atoms with Crippen molar-refractivity contribution in [2.24, 2.45) is 4.99 Å². The molecule has 0 aromatic heterocycles. The van der Waals surface area contributed by atoms with Crippen LogP contribution in [0.4, 0.5) is 0 Å². The van der Waals surface area contributed by atoms with Crippen molar-refractivity contribution in [2.75, 3.05) is 38.5 Å². The molecule has 1 rings (SSSR count). The topological polar surface area (TPSA) is 124 Å². The van der Waals surface area contributed by atoms with E-state index in [-0.39, 0.29) is 42.2 Å². The van der Waals surface area contributed by atoms with Crippen molar-refractivity contribution in [2.45, 2.75) is 96.5 Å². The molecule has 0 spiro atoms. The first-order valence-electron chi connectivity index (χ1n) is 13.1. The number of unbranched alkanes of at least 4 members (excludes halogenated alkanes) is 10. The maximum atomic E-state index is 12.8. The monoisotopic (exact) mass is 503 g/mol. The normalized spacial score (nSPS) is 19.6. The van der Waals surface area contributed by atoms with Crippen molar-refractivity contribution in [3.8, 4) is 0 Å². The molecule has 0 saturated carbocycles. The molecular weight excluding hydrogens is 456 g/mol. The van der Waals surface area contributed by atoms with Gasteiger partial charge in [0.25, 0.3) is 16.0 Å². The first-order valence-corrected chi connectivity index (χ1v) is 14.7. The molecule has 0 bridgehead atoms. The molecule has 9 heteroatoms. The molecule has 1 aliphatic heterocycles. The van der Waals surface area contributed by atoms with Crippen LogP contribution in [0, 0.1) is 0 Å². The summed E-state index contributed by atoms with van der Waals surface area (Å²) in [4.78, 5) is 17.1. The van der Waals surface area contributed by atoms with Crippen molar-refractivity contribution < 1.29 is 32.5 Å². The van der Waals surface area contributed by atoms with E-state index in [2.05, 4.69) is 18.0 Å². The van der Waals surface area contributed by atoms with Crippen LogP contribution in [0.5, 0.6) is 0 Å². The van der Waals surface area contributed by atoms with Crippen molar-refractivity contribution in [3.05, 3.63) is 12.2 Å². The zero-order valence-corrected chi connectivity index (χ0v) is 21.9. The number of nitrogens with zero attached hydrogens (tertiary/aromatic N) is 2. The summed E-state index contributed by atoms with van der Waals surface area (Å²) < 4.78 is 31.1. The highest BCUT2D eigenvalue weighted by Gasteiger charge is 2.43. The minimum absolute atomic E-state index is 0.0473. The Hall–Kier alpha value is -1.13. The molecule has 3 N–H and O–H groups in total. The standard InChI is InChI=1S/C25H46N2O6S/c1-2-3-4-5-6-7-8-9-10-11-12-13-14-15-16-24(30)25-26-17-18-27(25,19-20-28)21-23(29)22-34(31,32)33/h13-14,23,28-29H,2-12,15-22H2,1H3/p+1/b14-13+. The molecule has 1 aliphatic rings. The lowest BCUT2D eigenvalue weighted by Gasteiger charge is -2.34. The molecule has 0 aromatic carbocycles. The molecule has 0 amide bonds. The van der Waals surface area contributed by atoms with Crippen LogP contribution in [0.3, 0.4) is 0 Å². The smallest absolute Gasteiger partial charge is 0.267 e. The second-order valence-corrected chi connectivity index (χ2v) is 11.0. The van der Waals surface area contributed by atoms with Crippen LogP contribution in [0.15, 0.2) is 17.1 Å². The first-order chi connectivity index (χ1) is 16.2. The molecule has 2 unspecified atom stereocenters. The summed E-state index contributed by atoms with van der Waals surface area (Å²) in [6.07, 6.45) is 17.8. The average molecular weight is 504 g/mol. The van der Waals surface area contributed by atoms with Gasteiger partial charge in [0, 0.05) is 6.42 Å². The number of aliphatic imine (C=N–C) groups is 1. The molecule has 198 valence electrons. The fraction of sp³-hybridized carbons (Fsp3) is 0.840. The molecule has 8 nitrogen and oxygen atoms in total. The van der Waals surface area contributed by atoms with E-state index in [1.54, 1.807) is 0 Å². The highest BCUT2D eigenvalue weighted by Crippen LogP contribution is 2.19. The third-order valence-electron chi connectivity index (χ3n) is 6.41. The summed E-state index contributed by atoms with van der Waals surface area (Å²) >= 11 is 0. The zero-order chi connectivity index (χ0) is 25.3. The number of carbonyl (C=O) groups excluding carboxylic acids is 1. The van der Waals surface area contributed by atoms with Crippen molar-refractivity contribution in [1.82, 2.24) is 0 Å². The fourth-order valence-corrected chi connectivity index (χ4v) is 5.24. The number of quaternary nitrogens is 1. The fourth-order valence-electron chi connectivity index (χ4n) is 4.64. The molecule has 0 saturated heterocycles. The molecule has 0 fully saturated rings. The van der Waals surface area contributed by atoms with Crippen LogP contribution in [0.2, 0.25) is 0 Å². The van der Waals surface area contributed by atoms with E-state index >= 15 is 0 Å². The van der Waals surface area contributed by atoms with Gasteiger partial charge >= 0.3 is 0 Å². The van der Waals surface area contributed by atoms with Crippen molar-refractivity contribution >= 4 is 21.7 Å². The summed E-state index contributed by atoms with van der Waals surface area (Å²) in [7, 11) is -4.34. The third-order valence-corrected chi connectivity index (χ3v) is 7.21. The van der Waals surface area contributed by atoms with Crippen LogP contribution in [-0.2, 0) is 14.9 Å². The molecule has 0 aliphatic carbocycles. The predicted octanol–water partition coefficient (Wildman–Crippen LogP) is 3.67. The summed E-state index contributed by atoms with van der Waals surface area (Å²) in [5.74, 6) is -0.665. The lowest BCUT2D eigenvalue weighted by molar-refractivity contribution is -0.837. The van der Waals surface area contributed by atoms with Gasteiger partial charge in [-0.25, -0.2) is 4.99 Å². The zero-order valence-electron chi connectivity index (χ0n) is 21.0. The molecule has 2 atom stereocenters. The van der Waals surface area contributed by atoms with E-state index < -0.39 is 22.0 Å². The number of hydrogen-bond acceptors (Lipinski definition) is 6. The maximum Gasteiger partial charge on any atom is 0.267 e. The van der Waals surface area contributed by atoms with Crippen LogP contribution in [-0.4, -0.2) is 83.9 Å². The van der Waals surface area contributed by atoms with Gasteiger partial charge in [-0.2, -0.15) is 8.42 Å². The summed E-state index contributed by atoms with van der Waals surface area (Å²) in [6, 6.07) is 0. The Balaban J connectivity index is 2.31. The van der Waals surface area contributed by atoms with Gasteiger partial charge in [-0.15, -0.1) is 0 Å². The van der Waals surface area contributed by atoms with Crippen molar-refractivity contribution in [3.63, 3.8) is 0 Å². The van der Waals surface area contributed by atoms with E-state index in [0.29, 0.717) is 19.5 Å². The van der Waals surface area contributed by atoms with E-state index in [1.807, 2.05) is 6.08 Å². The van der Waals surface area contributed by atoms with Gasteiger partial charge in [0.1, 0.15) is 31.5 Å². The molecular formula is C25H47N2O6S+. The first kappa shape index (κ1) is 30.9. The molecule has 0 aromatic rings. The number of Topliss-reactive ketones (excluding diaryl/α,β-unsaturated/α-hetero) is 1. The van der Waals surface area contributed by atoms with E-state index in [1.165, 1.54) is 57.8 Å². The van der Waals surface area contributed by atoms with E-state index in [4.69, 9.17) is 4.55 Å². The third kappa shape index (κ3) is 13.1. The van der Waals surface area contributed by atoms with Gasteiger partial charge in [0.2, 0.25) is 5.78 Å². The Bertz CT molecular complexity index is 738. The number of hydrogen-bond donors (Lipinski definition) is 3. The molecule has 1 heterocycles. The van der Waals surface area contributed by atoms with Gasteiger partial charge in [-0.3, -0.25) is 13.8 Å². The SMILES string of the molecule is CCCCCCCCCCCC/C=C/CCC(=O)C1=NCC[N+]1(CCO)CC(O)CS(=O)(=O)O. The minimum Gasteiger partial charge on any atom is -0.390 e. The summed E-state index contributed by atoms with van der Waals surface area (Å²) in [6.45, 7) is 2.91. The van der Waals surface area contributed by atoms with Gasteiger partial charge in [0.05, 0.1) is 13.2 Å². The highest BCUT2D eigenvalue weighted by atomic mass is 32.2. The Labute approximate surface area is 206 Å². The van der Waals surface area contributed by atoms with Gasteiger partial charge in [0.15, 0.2) is 0 Å². The summed E-state index contributed by atoms with van der Waals surface area (Å²) in [5.41, 5.74) is 0. The predicted molar refractivity (Wildman–Crippen MR) is 137 cm³/mol. The van der Waals surface area contributed by atoms with E-state index in [0.717, 1.165) is 12.8 Å². The van der Waals surface area contributed by atoms with Crippen LogP contribution in [0.25, 0.3) is 0 Å². The minimum atomic E-state index is -4.34. The average Bonchev–Trinajstić information content (AvgIpc) is 3.15. The van der Waals surface area contributed by atoms with Crippen LogP contribution in [0.1, 0.15) is 90.4 Å². The van der Waals surface area contributed by atoms with Gasteiger partial charge in [-0.05, 0) is 19.3 Å². The quantitative estimate of drug-likeness (QED) is 0.0950. The number of amidine groups is 1. The number of aliphatic hydroxyl groups excluding tert-OH is 2. The Morgan fingerprint density at radius 1 is 1.03 bits per heavy atom. The van der Waals surface area contributed by atoms with Crippen molar-refractivity contribution in [1.29, 1.82) is 0 Å². The van der Waals surface area contributed by atoms with Gasteiger partial charge in [-0.1, -0.05) is 76.9 Å². The van der Waals surface area contributed by atoms with E-state index in [9.17, 15) is 23.4 Å². The Morgan fingerprint density at radius 3 is 2.21 bits per heavy atom. The molecule has 34 heavy (non-hydrogen) atoms. The van der Waals surface area contributed by atoms with Crippen LogP contribution >= 0.6 is 0 Å². The number of allylic oxidation sites excluding steroid dienone is 2. The maximum absolute atomic E-state index is 12.8. The number of carbonyl (C=O) groups is 1. The van der Waals surface area contributed by atoms with Crippen LogP contribution < -0.4 is 0 Å². The number of rotatable bonds is 21. The molecule has 0 radical (unpaired) electrons. The van der Waals surface area contributed by atoms with Gasteiger partial charge < -0.3 is 10.2 Å². The second kappa shape index (κ2) is 17.3. The largest absolute Gasteiger partial charge is 0.390 e.